The average molecular weight is 404 g/mol. The predicted octanol–water partition coefficient (Wildman–Crippen LogP) is 5.76. The molecule has 6 heteroatoms. The third kappa shape index (κ3) is 4.03. The van der Waals surface area contributed by atoms with Crippen molar-refractivity contribution >= 4 is 11.6 Å². The van der Waals surface area contributed by atoms with E-state index in [9.17, 15) is 4.39 Å². The molecule has 0 saturated heterocycles. The van der Waals surface area contributed by atoms with Gasteiger partial charge in [-0.3, -0.25) is 4.40 Å². The minimum Gasteiger partial charge on any atom is -0.352 e. The van der Waals surface area contributed by atoms with Gasteiger partial charge in [0.05, 0.1) is 17.1 Å². The highest BCUT2D eigenvalue weighted by molar-refractivity contribution is 5.80. The van der Waals surface area contributed by atoms with Crippen LogP contribution < -0.4 is 5.32 Å². The summed E-state index contributed by atoms with van der Waals surface area (Å²) in [6.07, 6.45) is 6.86. The molecule has 4 aromatic rings. The minimum atomic E-state index is -0.268. The van der Waals surface area contributed by atoms with E-state index in [1.807, 2.05) is 16.7 Å². The SMILES string of the molecule is CCCC(C)Nc1nccc(-c2c(-c3ccc(F)cc3)nc3cc(CC)ccn23)n1. The fraction of sp³-hybridized carbons (Fsp3) is 0.292. The molecule has 154 valence electrons. The summed E-state index contributed by atoms with van der Waals surface area (Å²) in [6.45, 7) is 6.41. The van der Waals surface area contributed by atoms with Crippen molar-refractivity contribution in [3.63, 3.8) is 0 Å². The van der Waals surface area contributed by atoms with Crippen molar-refractivity contribution in [1.29, 1.82) is 0 Å². The highest BCUT2D eigenvalue weighted by Crippen LogP contribution is 2.32. The molecule has 0 saturated carbocycles. The van der Waals surface area contributed by atoms with Crippen LogP contribution in [0.2, 0.25) is 0 Å². The maximum absolute atomic E-state index is 13.5. The van der Waals surface area contributed by atoms with Crippen LogP contribution in [0.15, 0.2) is 54.9 Å². The van der Waals surface area contributed by atoms with Crippen LogP contribution in [0.3, 0.4) is 0 Å². The monoisotopic (exact) mass is 403 g/mol. The van der Waals surface area contributed by atoms with Crippen LogP contribution in [-0.4, -0.2) is 25.4 Å². The highest BCUT2D eigenvalue weighted by atomic mass is 19.1. The average Bonchev–Trinajstić information content (AvgIpc) is 3.13. The van der Waals surface area contributed by atoms with Crippen molar-refractivity contribution in [1.82, 2.24) is 19.4 Å². The van der Waals surface area contributed by atoms with Crippen molar-refractivity contribution < 1.29 is 4.39 Å². The molecule has 30 heavy (non-hydrogen) atoms. The van der Waals surface area contributed by atoms with Gasteiger partial charge in [-0.2, -0.15) is 0 Å². The lowest BCUT2D eigenvalue weighted by Gasteiger charge is -2.13. The molecule has 5 nitrogen and oxygen atoms in total. The number of halogens is 1. The molecule has 0 spiro atoms. The Morgan fingerprint density at radius 2 is 1.87 bits per heavy atom. The summed E-state index contributed by atoms with van der Waals surface area (Å²) in [7, 11) is 0. The minimum absolute atomic E-state index is 0.268. The van der Waals surface area contributed by atoms with Crippen molar-refractivity contribution in [3.8, 4) is 22.6 Å². The van der Waals surface area contributed by atoms with Gasteiger partial charge in [0.25, 0.3) is 0 Å². The van der Waals surface area contributed by atoms with E-state index in [1.165, 1.54) is 17.7 Å². The van der Waals surface area contributed by atoms with Gasteiger partial charge >= 0.3 is 0 Å². The number of rotatable bonds is 7. The molecule has 1 unspecified atom stereocenters. The molecule has 4 rings (SSSR count). The number of aromatic nitrogens is 4. The van der Waals surface area contributed by atoms with Gasteiger partial charge in [-0.15, -0.1) is 0 Å². The third-order valence-corrected chi connectivity index (χ3v) is 5.21. The van der Waals surface area contributed by atoms with E-state index in [0.29, 0.717) is 5.95 Å². The van der Waals surface area contributed by atoms with E-state index in [2.05, 4.69) is 43.2 Å². The maximum atomic E-state index is 13.5. The first-order valence-corrected chi connectivity index (χ1v) is 10.5. The first kappa shape index (κ1) is 20.0. The number of nitrogens with one attached hydrogen (secondary N) is 1. The van der Waals surface area contributed by atoms with Gasteiger partial charge < -0.3 is 5.32 Å². The number of aryl methyl sites for hydroxylation is 1. The summed E-state index contributed by atoms with van der Waals surface area (Å²) in [4.78, 5) is 14.0. The zero-order valence-corrected chi connectivity index (χ0v) is 17.6. The fourth-order valence-corrected chi connectivity index (χ4v) is 3.65. The summed E-state index contributed by atoms with van der Waals surface area (Å²) >= 11 is 0. The summed E-state index contributed by atoms with van der Waals surface area (Å²) < 4.78 is 15.6. The number of fused-ring (bicyclic) bond motifs is 1. The van der Waals surface area contributed by atoms with Gasteiger partial charge in [-0.05, 0) is 67.8 Å². The quantitative estimate of drug-likeness (QED) is 0.426. The molecule has 1 aromatic carbocycles. The number of pyridine rings is 1. The Morgan fingerprint density at radius 3 is 2.60 bits per heavy atom. The second-order valence-corrected chi connectivity index (χ2v) is 7.53. The van der Waals surface area contributed by atoms with Crippen molar-refractivity contribution in [2.75, 3.05) is 5.32 Å². The van der Waals surface area contributed by atoms with Crippen LogP contribution in [0.25, 0.3) is 28.3 Å². The predicted molar refractivity (Wildman–Crippen MR) is 119 cm³/mol. The Hall–Kier alpha value is -3.28. The van der Waals surface area contributed by atoms with Crippen LogP contribution in [0, 0.1) is 5.82 Å². The van der Waals surface area contributed by atoms with E-state index in [0.717, 1.165) is 47.6 Å². The molecular weight excluding hydrogens is 377 g/mol. The molecule has 3 heterocycles. The Balaban J connectivity index is 1.86. The summed E-state index contributed by atoms with van der Waals surface area (Å²) in [5, 5.41) is 3.38. The number of hydrogen-bond acceptors (Lipinski definition) is 4. The van der Waals surface area contributed by atoms with Gasteiger partial charge in [0.2, 0.25) is 5.95 Å². The second kappa shape index (κ2) is 8.61. The van der Waals surface area contributed by atoms with E-state index in [1.54, 1.807) is 18.3 Å². The van der Waals surface area contributed by atoms with Crippen LogP contribution in [0.4, 0.5) is 10.3 Å². The second-order valence-electron chi connectivity index (χ2n) is 7.53. The fourth-order valence-electron chi connectivity index (χ4n) is 3.65. The van der Waals surface area contributed by atoms with Crippen molar-refractivity contribution in [2.45, 2.75) is 46.1 Å². The third-order valence-electron chi connectivity index (χ3n) is 5.21. The van der Waals surface area contributed by atoms with Gasteiger partial charge in [0, 0.05) is 24.0 Å². The normalized spacial score (nSPS) is 12.3. The Morgan fingerprint density at radius 1 is 1.07 bits per heavy atom. The zero-order valence-electron chi connectivity index (χ0n) is 17.6. The highest BCUT2D eigenvalue weighted by Gasteiger charge is 2.18. The lowest BCUT2D eigenvalue weighted by molar-refractivity contribution is 0.628. The Kier molecular flexibility index (Phi) is 5.74. The molecule has 0 aliphatic carbocycles. The van der Waals surface area contributed by atoms with E-state index in [4.69, 9.17) is 9.97 Å². The van der Waals surface area contributed by atoms with Gasteiger partial charge in [-0.1, -0.05) is 20.3 Å². The lowest BCUT2D eigenvalue weighted by Crippen LogP contribution is -2.16. The largest absolute Gasteiger partial charge is 0.352 e. The van der Waals surface area contributed by atoms with Crippen molar-refractivity contribution in [2.24, 2.45) is 0 Å². The maximum Gasteiger partial charge on any atom is 0.223 e. The topological polar surface area (TPSA) is 55.1 Å². The van der Waals surface area contributed by atoms with Crippen LogP contribution in [-0.2, 0) is 6.42 Å². The Bertz CT molecular complexity index is 1150. The zero-order chi connectivity index (χ0) is 21.1. The molecular formula is C24H26FN5. The molecule has 0 aliphatic rings. The van der Waals surface area contributed by atoms with E-state index >= 15 is 0 Å². The summed E-state index contributed by atoms with van der Waals surface area (Å²) in [6, 6.07) is 12.8. The molecule has 1 atom stereocenters. The number of imidazole rings is 1. The summed E-state index contributed by atoms with van der Waals surface area (Å²) in [5.74, 6) is 0.328. The van der Waals surface area contributed by atoms with E-state index in [-0.39, 0.29) is 11.9 Å². The number of nitrogens with zero attached hydrogens (tertiary/aromatic N) is 4. The van der Waals surface area contributed by atoms with Crippen molar-refractivity contribution in [3.05, 3.63) is 66.2 Å². The molecule has 0 bridgehead atoms. The molecule has 0 fully saturated rings. The van der Waals surface area contributed by atoms with Crippen LogP contribution in [0.1, 0.15) is 39.2 Å². The van der Waals surface area contributed by atoms with Gasteiger partial charge in [0.15, 0.2) is 0 Å². The molecule has 1 N–H and O–H groups in total. The molecule has 0 amide bonds. The van der Waals surface area contributed by atoms with Gasteiger partial charge in [0.1, 0.15) is 11.5 Å². The number of anilines is 1. The smallest absolute Gasteiger partial charge is 0.223 e. The standard InChI is InChI=1S/C24H26FN5/c1-4-6-16(3)27-24-26-13-11-20(28-24)23-22(18-7-9-19(25)10-8-18)29-21-15-17(5-2)12-14-30(21)23/h7-16H,4-6H2,1-3H3,(H,26,27,28). The van der Waals surface area contributed by atoms with Gasteiger partial charge in [-0.25, -0.2) is 19.3 Å². The first-order chi connectivity index (χ1) is 14.6. The molecule has 0 radical (unpaired) electrons. The molecule has 3 aromatic heterocycles. The van der Waals surface area contributed by atoms with Crippen LogP contribution in [0.5, 0.6) is 0 Å². The lowest BCUT2D eigenvalue weighted by atomic mass is 10.1. The summed E-state index contributed by atoms with van der Waals surface area (Å²) in [5.41, 5.74) is 5.31. The van der Waals surface area contributed by atoms with Crippen LogP contribution >= 0.6 is 0 Å². The Labute approximate surface area is 176 Å². The number of benzene rings is 1. The number of hydrogen-bond donors (Lipinski definition) is 1. The van der Waals surface area contributed by atoms with E-state index < -0.39 is 0 Å². The molecule has 0 aliphatic heterocycles. The first-order valence-electron chi connectivity index (χ1n) is 10.5.